The number of anilines is 2. The first-order valence-electron chi connectivity index (χ1n) is 8.45. The summed E-state index contributed by atoms with van der Waals surface area (Å²) >= 11 is 0. The molecule has 0 radical (unpaired) electrons. The summed E-state index contributed by atoms with van der Waals surface area (Å²) in [4.78, 5) is 12.6. The van der Waals surface area contributed by atoms with Crippen molar-refractivity contribution < 1.29 is 32.2 Å². The zero-order chi connectivity index (χ0) is 21.6. The van der Waals surface area contributed by atoms with Crippen molar-refractivity contribution in [1.82, 2.24) is 0 Å². The Labute approximate surface area is 170 Å². The summed E-state index contributed by atoms with van der Waals surface area (Å²) in [6, 6.07) is 9.48. The van der Waals surface area contributed by atoms with Gasteiger partial charge in [0.25, 0.3) is 0 Å². The van der Waals surface area contributed by atoms with Crippen LogP contribution >= 0.6 is 0 Å². The van der Waals surface area contributed by atoms with Crippen LogP contribution in [0.4, 0.5) is 11.4 Å². The molecule has 1 N–H and O–H groups in total. The molecule has 9 nitrogen and oxygen atoms in total. The number of rotatable bonds is 9. The largest absolute Gasteiger partial charge is 0.497 e. The first-order chi connectivity index (χ1) is 13.7. The lowest BCUT2D eigenvalue weighted by atomic mass is 10.2. The Kier molecular flexibility index (Phi) is 7.16. The van der Waals surface area contributed by atoms with Crippen LogP contribution in [0.15, 0.2) is 36.4 Å². The molecule has 0 saturated carbocycles. The van der Waals surface area contributed by atoms with Crippen molar-refractivity contribution in [3.8, 4) is 23.0 Å². The van der Waals surface area contributed by atoms with Crippen LogP contribution in [0, 0.1) is 0 Å². The van der Waals surface area contributed by atoms with Gasteiger partial charge in [0.15, 0.2) is 11.5 Å². The van der Waals surface area contributed by atoms with E-state index >= 15 is 0 Å². The van der Waals surface area contributed by atoms with Crippen LogP contribution in [0.25, 0.3) is 0 Å². The van der Waals surface area contributed by atoms with Gasteiger partial charge in [-0.25, -0.2) is 8.42 Å². The minimum absolute atomic E-state index is 0.221. The summed E-state index contributed by atoms with van der Waals surface area (Å²) in [5, 5.41) is 2.65. The predicted octanol–water partition coefficient (Wildman–Crippen LogP) is 2.13. The molecule has 10 heteroatoms. The molecule has 0 bridgehead atoms. The molecule has 0 spiro atoms. The SMILES string of the molecule is COc1ccc(N(CC(=O)Nc2ccc(OC)c(OC)c2)S(C)(=O)=O)c(OC)c1. The number of hydrogen-bond donors (Lipinski definition) is 1. The smallest absolute Gasteiger partial charge is 0.245 e. The van der Waals surface area contributed by atoms with Crippen LogP contribution in [0.2, 0.25) is 0 Å². The van der Waals surface area contributed by atoms with Gasteiger partial charge in [0.2, 0.25) is 15.9 Å². The van der Waals surface area contributed by atoms with Crippen molar-refractivity contribution >= 4 is 27.3 Å². The average Bonchev–Trinajstić information content (AvgIpc) is 2.70. The highest BCUT2D eigenvalue weighted by molar-refractivity contribution is 7.92. The van der Waals surface area contributed by atoms with Crippen LogP contribution in [-0.2, 0) is 14.8 Å². The summed E-state index contributed by atoms with van der Waals surface area (Å²) < 4.78 is 46.4. The summed E-state index contributed by atoms with van der Waals surface area (Å²) in [6.07, 6.45) is 1.01. The van der Waals surface area contributed by atoms with E-state index in [9.17, 15) is 13.2 Å². The number of hydrogen-bond acceptors (Lipinski definition) is 7. The van der Waals surface area contributed by atoms with E-state index in [4.69, 9.17) is 18.9 Å². The lowest BCUT2D eigenvalue weighted by Gasteiger charge is -2.24. The Morgan fingerprint density at radius 2 is 1.55 bits per heavy atom. The van der Waals surface area contributed by atoms with Crippen LogP contribution in [0.5, 0.6) is 23.0 Å². The number of nitrogens with zero attached hydrogens (tertiary/aromatic N) is 1. The number of amides is 1. The predicted molar refractivity (Wildman–Crippen MR) is 110 cm³/mol. The monoisotopic (exact) mass is 424 g/mol. The van der Waals surface area contributed by atoms with Gasteiger partial charge in [-0.3, -0.25) is 9.10 Å². The van der Waals surface area contributed by atoms with Gasteiger partial charge in [0, 0.05) is 17.8 Å². The zero-order valence-electron chi connectivity index (χ0n) is 16.9. The highest BCUT2D eigenvalue weighted by Crippen LogP contribution is 2.34. The molecule has 0 aromatic heterocycles. The van der Waals surface area contributed by atoms with Gasteiger partial charge >= 0.3 is 0 Å². The number of carbonyl (C=O) groups is 1. The summed E-state index contributed by atoms with van der Waals surface area (Å²) in [5.41, 5.74) is 0.654. The highest BCUT2D eigenvalue weighted by atomic mass is 32.2. The van der Waals surface area contributed by atoms with E-state index in [1.807, 2.05) is 0 Å². The van der Waals surface area contributed by atoms with Gasteiger partial charge in [-0.1, -0.05) is 0 Å². The fourth-order valence-electron chi connectivity index (χ4n) is 2.62. The van der Waals surface area contributed by atoms with Crippen LogP contribution < -0.4 is 28.6 Å². The quantitative estimate of drug-likeness (QED) is 0.658. The van der Waals surface area contributed by atoms with Crippen LogP contribution in [0.3, 0.4) is 0 Å². The second-order valence-corrected chi connectivity index (χ2v) is 7.83. The van der Waals surface area contributed by atoms with E-state index in [1.165, 1.54) is 34.5 Å². The Bertz CT molecular complexity index is 977. The first-order valence-corrected chi connectivity index (χ1v) is 10.3. The third-order valence-electron chi connectivity index (χ3n) is 4.01. The fraction of sp³-hybridized carbons (Fsp3) is 0.316. The molecule has 0 aliphatic heterocycles. The Morgan fingerprint density at radius 1 is 0.897 bits per heavy atom. The number of sulfonamides is 1. The Balaban J connectivity index is 2.29. The average molecular weight is 424 g/mol. The number of nitrogens with one attached hydrogen (secondary N) is 1. The van der Waals surface area contributed by atoms with E-state index in [2.05, 4.69) is 5.32 Å². The number of ether oxygens (including phenoxy) is 4. The molecule has 1 amide bonds. The maximum absolute atomic E-state index is 12.6. The van der Waals surface area contributed by atoms with E-state index in [-0.39, 0.29) is 11.4 Å². The molecule has 0 heterocycles. The van der Waals surface area contributed by atoms with Crippen LogP contribution in [-0.4, -0.2) is 55.6 Å². The number of carbonyl (C=O) groups excluding carboxylic acids is 1. The van der Waals surface area contributed by atoms with Crippen molar-refractivity contribution in [3.05, 3.63) is 36.4 Å². The highest BCUT2D eigenvalue weighted by Gasteiger charge is 2.24. The maximum atomic E-state index is 12.6. The summed E-state index contributed by atoms with van der Waals surface area (Å²) in [5.74, 6) is 1.15. The normalized spacial score (nSPS) is 10.8. The molecule has 2 aromatic rings. The minimum Gasteiger partial charge on any atom is -0.497 e. The number of methoxy groups -OCH3 is 4. The number of benzene rings is 2. The van der Waals surface area contributed by atoms with Gasteiger partial charge < -0.3 is 24.3 Å². The zero-order valence-corrected chi connectivity index (χ0v) is 17.7. The maximum Gasteiger partial charge on any atom is 0.245 e. The van der Waals surface area contributed by atoms with Gasteiger partial charge in [-0.15, -0.1) is 0 Å². The van der Waals surface area contributed by atoms with Crippen molar-refractivity contribution in [1.29, 1.82) is 0 Å². The van der Waals surface area contributed by atoms with Gasteiger partial charge in [0.05, 0.1) is 40.4 Å². The lowest BCUT2D eigenvalue weighted by molar-refractivity contribution is -0.114. The molecule has 29 heavy (non-hydrogen) atoms. The summed E-state index contributed by atoms with van der Waals surface area (Å²) in [7, 11) is 2.10. The molecule has 0 aliphatic rings. The van der Waals surface area contributed by atoms with E-state index in [0.29, 0.717) is 22.9 Å². The van der Waals surface area contributed by atoms with Crippen LogP contribution in [0.1, 0.15) is 0 Å². The molecule has 0 saturated heterocycles. The Hall–Kier alpha value is -3.14. The third-order valence-corrected chi connectivity index (χ3v) is 5.14. The van der Waals surface area contributed by atoms with Crippen molar-refractivity contribution in [2.75, 3.05) is 50.9 Å². The molecule has 2 rings (SSSR count). The topological polar surface area (TPSA) is 103 Å². The standard InChI is InChI=1S/C19H24N2O7S/c1-25-14-7-8-15(17(11-14)27-3)21(29(5,23)24)12-19(22)20-13-6-9-16(26-2)18(10-13)28-4/h6-11H,12H2,1-5H3,(H,20,22). The van der Waals surface area contributed by atoms with E-state index in [1.54, 1.807) is 30.3 Å². The first kappa shape index (κ1) is 22.2. The van der Waals surface area contributed by atoms with Crippen molar-refractivity contribution in [2.24, 2.45) is 0 Å². The molecule has 158 valence electrons. The molecule has 0 fully saturated rings. The molecular weight excluding hydrogens is 400 g/mol. The molecule has 0 aliphatic carbocycles. The van der Waals surface area contributed by atoms with Gasteiger partial charge in [0.1, 0.15) is 18.0 Å². The van der Waals surface area contributed by atoms with Gasteiger partial charge in [-0.05, 0) is 24.3 Å². The Morgan fingerprint density at radius 3 is 2.10 bits per heavy atom. The molecule has 2 aromatic carbocycles. The minimum atomic E-state index is -3.77. The van der Waals surface area contributed by atoms with E-state index < -0.39 is 22.5 Å². The van der Waals surface area contributed by atoms with Crippen molar-refractivity contribution in [3.63, 3.8) is 0 Å². The van der Waals surface area contributed by atoms with E-state index in [0.717, 1.165) is 10.6 Å². The molecule has 0 atom stereocenters. The van der Waals surface area contributed by atoms with Gasteiger partial charge in [-0.2, -0.15) is 0 Å². The molecular formula is C19H24N2O7S. The third kappa shape index (κ3) is 5.44. The fourth-order valence-corrected chi connectivity index (χ4v) is 3.48. The second-order valence-electron chi connectivity index (χ2n) is 5.93. The lowest BCUT2D eigenvalue weighted by Crippen LogP contribution is -2.37. The molecule has 0 unspecified atom stereocenters. The summed E-state index contributed by atoms with van der Waals surface area (Å²) in [6.45, 7) is -0.449. The second kappa shape index (κ2) is 9.37. The van der Waals surface area contributed by atoms with Crippen molar-refractivity contribution in [2.45, 2.75) is 0 Å².